The Hall–Kier alpha value is -0.0800. The first-order valence-electron chi connectivity index (χ1n) is 6.53. The highest BCUT2D eigenvalue weighted by molar-refractivity contribution is 4.94. The van der Waals surface area contributed by atoms with Crippen molar-refractivity contribution < 1.29 is 0 Å². The Morgan fingerprint density at radius 1 is 1.20 bits per heavy atom. The molecule has 1 heterocycles. The Bertz CT molecular complexity index is 185. The summed E-state index contributed by atoms with van der Waals surface area (Å²) in [5.74, 6) is 0.759. The minimum Gasteiger partial charge on any atom is -0.309 e. The van der Waals surface area contributed by atoms with Crippen LogP contribution in [0.15, 0.2) is 0 Å². The van der Waals surface area contributed by atoms with Crippen molar-refractivity contribution in [3.05, 3.63) is 0 Å². The molecule has 1 aliphatic heterocycles. The molecule has 1 saturated heterocycles. The maximum Gasteiger partial charge on any atom is 0.0304 e. The van der Waals surface area contributed by atoms with E-state index in [0.717, 1.165) is 12.5 Å². The van der Waals surface area contributed by atoms with Gasteiger partial charge >= 0.3 is 0 Å². The van der Waals surface area contributed by atoms with Crippen LogP contribution in [0.5, 0.6) is 0 Å². The average molecular weight is 212 g/mol. The van der Waals surface area contributed by atoms with E-state index in [0.29, 0.717) is 11.6 Å². The molecule has 15 heavy (non-hydrogen) atoms. The summed E-state index contributed by atoms with van der Waals surface area (Å²) in [5.41, 5.74) is 0.376. The van der Waals surface area contributed by atoms with Crippen LogP contribution in [0.2, 0.25) is 0 Å². The molecule has 0 saturated carbocycles. The van der Waals surface area contributed by atoms with Crippen molar-refractivity contribution in [3.8, 4) is 0 Å². The van der Waals surface area contributed by atoms with Gasteiger partial charge in [0.1, 0.15) is 0 Å². The summed E-state index contributed by atoms with van der Waals surface area (Å²) in [6, 6.07) is 0.713. The Balaban J connectivity index is 2.62. The zero-order valence-corrected chi connectivity index (χ0v) is 11.1. The van der Waals surface area contributed by atoms with E-state index < -0.39 is 0 Å². The first-order chi connectivity index (χ1) is 7.04. The molecular formula is C13H28N2. The van der Waals surface area contributed by atoms with E-state index in [9.17, 15) is 0 Å². The van der Waals surface area contributed by atoms with E-state index in [4.69, 9.17) is 0 Å². The third kappa shape index (κ3) is 2.94. The summed E-state index contributed by atoms with van der Waals surface area (Å²) < 4.78 is 0. The van der Waals surface area contributed by atoms with E-state index in [1.54, 1.807) is 0 Å². The summed E-state index contributed by atoms with van der Waals surface area (Å²) in [6.45, 7) is 15.2. The molecule has 1 N–H and O–H groups in total. The Labute approximate surface area is 95.4 Å². The van der Waals surface area contributed by atoms with Gasteiger partial charge in [-0.2, -0.15) is 0 Å². The van der Waals surface area contributed by atoms with Gasteiger partial charge in [0, 0.05) is 31.2 Å². The molecule has 0 amide bonds. The van der Waals surface area contributed by atoms with Crippen LogP contribution in [0, 0.1) is 5.92 Å². The molecule has 0 aliphatic carbocycles. The predicted octanol–water partition coefficient (Wildman–Crippen LogP) is 2.49. The minimum absolute atomic E-state index is 0.376. The minimum atomic E-state index is 0.376. The van der Waals surface area contributed by atoms with Crippen LogP contribution in [0.1, 0.15) is 47.5 Å². The van der Waals surface area contributed by atoms with Crippen LogP contribution in [0.25, 0.3) is 0 Å². The van der Waals surface area contributed by atoms with Gasteiger partial charge in [-0.3, -0.25) is 4.90 Å². The largest absolute Gasteiger partial charge is 0.309 e. The molecular weight excluding hydrogens is 184 g/mol. The number of rotatable bonds is 4. The van der Waals surface area contributed by atoms with E-state index in [1.807, 2.05) is 0 Å². The summed E-state index contributed by atoms with van der Waals surface area (Å²) in [6.07, 6.45) is 2.48. The van der Waals surface area contributed by atoms with E-state index in [2.05, 4.69) is 44.8 Å². The number of nitrogens with one attached hydrogen (secondary N) is 1. The smallest absolute Gasteiger partial charge is 0.0304 e. The lowest BCUT2D eigenvalue weighted by Crippen LogP contribution is -2.62. The quantitative estimate of drug-likeness (QED) is 0.770. The van der Waals surface area contributed by atoms with Crippen molar-refractivity contribution in [2.45, 2.75) is 59.0 Å². The highest BCUT2D eigenvalue weighted by atomic mass is 15.2. The van der Waals surface area contributed by atoms with Crippen molar-refractivity contribution in [2.24, 2.45) is 5.92 Å². The van der Waals surface area contributed by atoms with Gasteiger partial charge in [-0.1, -0.05) is 27.7 Å². The van der Waals surface area contributed by atoms with E-state index in [-0.39, 0.29) is 0 Å². The maximum atomic E-state index is 3.71. The number of piperazine rings is 1. The zero-order chi connectivity index (χ0) is 11.5. The van der Waals surface area contributed by atoms with Gasteiger partial charge in [0.25, 0.3) is 0 Å². The number of nitrogens with zero attached hydrogens (tertiary/aromatic N) is 1. The van der Waals surface area contributed by atoms with Crippen LogP contribution in [-0.4, -0.2) is 36.1 Å². The van der Waals surface area contributed by atoms with E-state index in [1.165, 1.54) is 25.9 Å². The molecule has 1 fully saturated rings. The standard InChI is InChI=1S/C13H28N2/c1-6-13(7-2)10-15(9-8-14-13)12(5)11(3)4/h11-12,14H,6-10H2,1-5H3. The van der Waals surface area contributed by atoms with Crippen LogP contribution >= 0.6 is 0 Å². The first kappa shape index (κ1) is 13.0. The second-order valence-corrected chi connectivity index (χ2v) is 5.37. The molecule has 0 aromatic rings. The van der Waals surface area contributed by atoms with Crippen molar-refractivity contribution in [1.29, 1.82) is 0 Å². The zero-order valence-electron chi connectivity index (χ0n) is 11.1. The topological polar surface area (TPSA) is 15.3 Å². The monoisotopic (exact) mass is 212 g/mol. The van der Waals surface area contributed by atoms with Crippen molar-refractivity contribution in [3.63, 3.8) is 0 Å². The Morgan fingerprint density at radius 3 is 2.27 bits per heavy atom. The maximum absolute atomic E-state index is 3.71. The average Bonchev–Trinajstić information content (AvgIpc) is 2.28. The van der Waals surface area contributed by atoms with Gasteiger partial charge in [-0.25, -0.2) is 0 Å². The van der Waals surface area contributed by atoms with Gasteiger partial charge in [0.15, 0.2) is 0 Å². The van der Waals surface area contributed by atoms with Gasteiger partial charge < -0.3 is 5.32 Å². The van der Waals surface area contributed by atoms with Gasteiger partial charge in [-0.15, -0.1) is 0 Å². The third-order valence-corrected chi connectivity index (χ3v) is 4.30. The molecule has 90 valence electrons. The number of hydrogen-bond donors (Lipinski definition) is 1. The fourth-order valence-electron chi connectivity index (χ4n) is 2.48. The van der Waals surface area contributed by atoms with Gasteiger partial charge in [0.2, 0.25) is 0 Å². The van der Waals surface area contributed by atoms with Gasteiger partial charge in [0.05, 0.1) is 0 Å². The van der Waals surface area contributed by atoms with E-state index >= 15 is 0 Å². The highest BCUT2D eigenvalue weighted by Gasteiger charge is 2.33. The van der Waals surface area contributed by atoms with Crippen LogP contribution < -0.4 is 5.32 Å². The van der Waals surface area contributed by atoms with Gasteiger partial charge in [-0.05, 0) is 25.7 Å². The van der Waals surface area contributed by atoms with Crippen LogP contribution in [0.3, 0.4) is 0 Å². The van der Waals surface area contributed by atoms with Crippen molar-refractivity contribution >= 4 is 0 Å². The van der Waals surface area contributed by atoms with Crippen LogP contribution in [0.4, 0.5) is 0 Å². The predicted molar refractivity (Wildman–Crippen MR) is 67.2 cm³/mol. The summed E-state index contributed by atoms with van der Waals surface area (Å²) in [7, 11) is 0. The van der Waals surface area contributed by atoms with Crippen molar-refractivity contribution in [1.82, 2.24) is 10.2 Å². The lowest BCUT2D eigenvalue weighted by molar-refractivity contribution is 0.0739. The second-order valence-electron chi connectivity index (χ2n) is 5.37. The fourth-order valence-corrected chi connectivity index (χ4v) is 2.48. The molecule has 2 nitrogen and oxygen atoms in total. The van der Waals surface area contributed by atoms with Crippen molar-refractivity contribution in [2.75, 3.05) is 19.6 Å². The molecule has 0 bridgehead atoms. The molecule has 1 rings (SSSR count). The first-order valence-corrected chi connectivity index (χ1v) is 6.53. The molecule has 1 aliphatic rings. The Morgan fingerprint density at radius 2 is 1.80 bits per heavy atom. The summed E-state index contributed by atoms with van der Waals surface area (Å²) >= 11 is 0. The highest BCUT2D eigenvalue weighted by Crippen LogP contribution is 2.23. The molecule has 1 atom stereocenters. The summed E-state index contributed by atoms with van der Waals surface area (Å²) in [4.78, 5) is 2.66. The molecule has 0 spiro atoms. The molecule has 1 unspecified atom stereocenters. The second kappa shape index (κ2) is 5.31. The normalized spacial score (nSPS) is 24.4. The number of hydrogen-bond acceptors (Lipinski definition) is 2. The third-order valence-electron chi connectivity index (χ3n) is 4.30. The molecule has 0 aromatic carbocycles. The Kier molecular flexibility index (Phi) is 4.60. The van der Waals surface area contributed by atoms with Crippen LogP contribution in [-0.2, 0) is 0 Å². The molecule has 2 heteroatoms. The SMILES string of the molecule is CCC1(CC)CN(C(C)C(C)C)CCN1. The molecule has 0 aromatic heterocycles. The lowest BCUT2D eigenvalue weighted by atomic mass is 9.88. The molecule has 0 radical (unpaired) electrons. The lowest BCUT2D eigenvalue weighted by Gasteiger charge is -2.46. The fraction of sp³-hybridized carbons (Fsp3) is 1.00. The summed E-state index contributed by atoms with van der Waals surface area (Å²) in [5, 5.41) is 3.71.